The third-order valence-corrected chi connectivity index (χ3v) is 6.89. The molecule has 1 heterocycles. The van der Waals surface area contributed by atoms with Crippen LogP contribution < -0.4 is 0 Å². The number of benzene rings is 1. The Balaban J connectivity index is 1.99. The van der Waals surface area contributed by atoms with E-state index in [0.29, 0.717) is 43.0 Å². The molecule has 0 spiro atoms. The van der Waals surface area contributed by atoms with Gasteiger partial charge in [0.25, 0.3) is 0 Å². The van der Waals surface area contributed by atoms with Crippen molar-refractivity contribution < 1.29 is 13.2 Å². The van der Waals surface area contributed by atoms with Gasteiger partial charge in [0, 0.05) is 37.1 Å². The molecule has 0 saturated carbocycles. The van der Waals surface area contributed by atoms with Crippen LogP contribution in [0.3, 0.4) is 0 Å². The van der Waals surface area contributed by atoms with Crippen molar-refractivity contribution in [2.24, 2.45) is 5.92 Å². The van der Waals surface area contributed by atoms with Crippen molar-refractivity contribution in [1.82, 2.24) is 9.21 Å². The Kier molecular flexibility index (Phi) is 6.22. The first-order valence-corrected chi connectivity index (χ1v) is 10.1. The smallest absolute Gasteiger partial charge is 0.244 e. The molecule has 0 unspecified atom stereocenters. The fraction of sp³-hybridized carbons (Fsp3) is 0.562. The monoisotopic (exact) mass is 402 g/mol. The largest absolute Gasteiger partial charge is 0.340 e. The molecule has 0 atom stereocenters. The lowest BCUT2D eigenvalue weighted by Crippen LogP contribution is -2.50. The van der Waals surface area contributed by atoms with Gasteiger partial charge in [-0.25, -0.2) is 8.42 Å². The number of halogens is 1. The Bertz CT molecular complexity index is 653. The van der Waals surface area contributed by atoms with Crippen LogP contribution in [0.25, 0.3) is 0 Å². The van der Waals surface area contributed by atoms with E-state index in [1.807, 2.05) is 0 Å². The second-order valence-electron chi connectivity index (χ2n) is 6.15. The topological polar surface area (TPSA) is 57.7 Å². The van der Waals surface area contributed by atoms with E-state index in [1.54, 1.807) is 29.2 Å². The minimum absolute atomic E-state index is 0.122. The van der Waals surface area contributed by atoms with Crippen molar-refractivity contribution in [3.8, 4) is 0 Å². The summed E-state index contributed by atoms with van der Waals surface area (Å²) in [4.78, 5) is 14.2. The molecule has 1 aromatic rings. The summed E-state index contributed by atoms with van der Waals surface area (Å²) in [6.07, 6.45) is 1.41. The number of sulfonamides is 1. The van der Waals surface area contributed by atoms with Crippen LogP contribution in [-0.2, 0) is 14.8 Å². The summed E-state index contributed by atoms with van der Waals surface area (Å²) >= 11 is 3.30. The van der Waals surface area contributed by atoms with Gasteiger partial charge in [-0.2, -0.15) is 4.31 Å². The quantitative estimate of drug-likeness (QED) is 0.760. The van der Waals surface area contributed by atoms with Crippen LogP contribution in [0.15, 0.2) is 33.6 Å². The highest BCUT2D eigenvalue weighted by atomic mass is 79.9. The van der Waals surface area contributed by atoms with E-state index in [0.717, 1.165) is 6.42 Å². The maximum Gasteiger partial charge on any atom is 0.244 e. The zero-order chi connectivity index (χ0) is 17.0. The Morgan fingerprint density at radius 3 is 2.35 bits per heavy atom. The zero-order valence-corrected chi connectivity index (χ0v) is 15.9. The highest BCUT2D eigenvalue weighted by Crippen LogP contribution is 2.25. The minimum atomic E-state index is -3.52. The molecule has 0 radical (unpaired) electrons. The molecule has 0 N–H and O–H groups in total. The normalized spacial score (nSPS) is 16.8. The van der Waals surface area contributed by atoms with Crippen LogP contribution in [0.2, 0.25) is 0 Å². The van der Waals surface area contributed by atoms with Gasteiger partial charge in [0.1, 0.15) is 0 Å². The number of rotatable bonds is 5. The van der Waals surface area contributed by atoms with E-state index in [-0.39, 0.29) is 10.8 Å². The molecule has 128 valence electrons. The van der Waals surface area contributed by atoms with Crippen molar-refractivity contribution in [2.75, 3.05) is 26.2 Å². The van der Waals surface area contributed by atoms with Crippen molar-refractivity contribution in [3.05, 3.63) is 28.7 Å². The van der Waals surface area contributed by atoms with E-state index in [1.165, 1.54) is 4.31 Å². The molecule has 1 aliphatic rings. The highest BCUT2D eigenvalue weighted by Gasteiger charge is 2.31. The van der Waals surface area contributed by atoms with Crippen molar-refractivity contribution in [1.29, 1.82) is 0 Å². The van der Waals surface area contributed by atoms with Gasteiger partial charge in [-0.1, -0.05) is 26.0 Å². The van der Waals surface area contributed by atoms with Gasteiger partial charge in [0.05, 0.1) is 4.90 Å². The number of hydrogen-bond acceptors (Lipinski definition) is 3. The van der Waals surface area contributed by atoms with Crippen LogP contribution in [0.4, 0.5) is 0 Å². The summed E-state index contributed by atoms with van der Waals surface area (Å²) in [5.41, 5.74) is 0. The van der Waals surface area contributed by atoms with Crippen LogP contribution in [0.1, 0.15) is 26.7 Å². The van der Waals surface area contributed by atoms with E-state index < -0.39 is 10.0 Å². The Labute approximate surface area is 146 Å². The molecule has 1 aliphatic heterocycles. The van der Waals surface area contributed by atoms with Gasteiger partial charge < -0.3 is 4.90 Å². The van der Waals surface area contributed by atoms with Gasteiger partial charge in [0.15, 0.2) is 0 Å². The lowest BCUT2D eigenvalue weighted by atomic mass is 10.1. The second-order valence-corrected chi connectivity index (χ2v) is 8.91. The summed E-state index contributed by atoms with van der Waals surface area (Å²) < 4.78 is 27.4. The van der Waals surface area contributed by atoms with Gasteiger partial charge in [-0.3, -0.25) is 4.79 Å². The fourth-order valence-electron chi connectivity index (χ4n) is 2.54. The number of piperazine rings is 1. The first-order chi connectivity index (χ1) is 10.8. The molecule has 0 bridgehead atoms. The highest BCUT2D eigenvalue weighted by molar-refractivity contribution is 9.10. The molecule has 23 heavy (non-hydrogen) atoms. The third-order valence-electron chi connectivity index (χ3n) is 3.98. The average molecular weight is 403 g/mol. The van der Waals surface area contributed by atoms with Crippen LogP contribution in [0, 0.1) is 5.92 Å². The molecule has 0 aromatic heterocycles. The molecule has 2 rings (SSSR count). The number of amides is 1. The molecular formula is C16H23BrN2O3S. The minimum Gasteiger partial charge on any atom is -0.340 e. The molecule has 5 nitrogen and oxygen atoms in total. The van der Waals surface area contributed by atoms with Gasteiger partial charge >= 0.3 is 0 Å². The maximum absolute atomic E-state index is 12.7. The number of nitrogens with zero attached hydrogens (tertiary/aromatic N) is 2. The number of hydrogen-bond donors (Lipinski definition) is 0. The molecule has 1 aromatic carbocycles. The predicted molar refractivity (Wildman–Crippen MR) is 93.6 cm³/mol. The van der Waals surface area contributed by atoms with E-state index in [2.05, 4.69) is 29.8 Å². The molecular weight excluding hydrogens is 380 g/mol. The summed E-state index contributed by atoms with van der Waals surface area (Å²) in [7, 11) is -3.52. The predicted octanol–water partition coefficient (Wildman–Crippen LogP) is 2.72. The van der Waals surface area contributed by atoms with Crippen LogP contribution in [0.5, 0.6) is 0 Å². The third kappa shape index (κ3) is 4.55. The average Bonchev–Trinajstić information content (AvgIpc) is 2.53. The Morgan fingerprint density at radius 2 is 1.78 bits per heavy atom. The van der Waals surface area contributed by atoms with Crippen molar-refractivity contribution in [3.63, 3.8) is 0 Å². The van der Waals surface area contributed by atoms with Gasteiger partial charge in [-0.05, 0) is 40.4 Å². The first-order valence-electron chi connectivity index (χ1n) is 7.85. The zero-order valence-electron chi connectivity index (χ0n) is 13.5. The summed E-state index contributed by atoms with van der Waals surface area (Å²) in [6, 6.07) is 6.82. The van der Waals surface area contributed by atoms with E-state index >= 15 is 0 Å². The molecule has 1 saturated heterocycles. The fourth-order valence-corrected chi connectivity index (χ4v) is 4.93. The van der Waals surface area contributed by atoms with Gasteiger partial charge in [0.2, 0.25) is 15.9 Å². The van der Waals surface area contributed by atoms with E-state index in [4.69, 9.17) is 0 Å². The molecule has 1 fully saturated rings. The maximum atomic E-state index is 12.7. The number of carbonyl (C=O) groups is 1. The standard InChI is InChI=1S/C16H23BrN2O3S/c1-13(2)7-8-16(20)18-9-11-19(12-10-18)23(21,22)15-6-4-3-5-14(15)17/h3-6,13H,7-12H2,1-2H3. The SMILES string of the molecule is CC(C)CCC(=O)N1CCN(S(=O)(=O)c2ccccc2Br)CC1. The lowest BCUT2D eigenvalue weighted by molar-refractivity contribution is -0.132. The van der Waals surface area contributed by atoms with Crippen LogP contribution >= 0.6 is 15.9 Å². The van der Waals surface area contributed by atoms with Crippen molar-refractivity contribution >= 4 is 31.9 Å². The first kappa shape index (κ1) is 18.4. The lowest BCUT2D eigenvalue weighted by Gasteiger charge is -2.34. The Hall–Kier alpha value is -0.920. The van der Waals surface area contributed by atoms with Gasteiger partial charge in [-0.15, -0.1) is 0 Å². The summed E-state index contributed by atoms with van der Waals surface area (Å²) in [5.74, 6) is 0.618. The van der Waals surface area contributed by atoms with E-state index in [9.17, 15) is 13.2 Å². The molecule has 7 heteroatoms. The number of carbonyl (C=O) groups excluding carboxylic acids is 1. The van der Waals surface area contributed by atoms with Crippen LogP contribution in [-0.4, -0.2) is 49.7 Å². The summed E-state index contributed by atoms with van der Waals surface area (Å²) in [6.45, 7) is 5.79. The molecule has 1 amide bonds. The Morgan fingerprint density at radius 1 is 1.17 bits per heavy atom. The summed E-state index contributed by atoms with van der Waals surface area (Å²) in [5, 5.41) is 0. The molecule has 0 aliphatic carbocycles. The second kappa shape index (κ2) is 7.77. The van der Waals surface area contributed by atoms with Crippen molar-refractivity contribution in [2.45, 2.75) is 31.6 Å².